The fourth-order valence-corrected chi connectivity index (χ4v) is 2.80. The van der Waals surface area contributed by atoms with Gasteiger partial charge in [0.2, 0.25) is 0 Å². The number of nitrogens with zero attached hydrogens (tertiary/aromatic N) is 1. The lowest BCUT2D eigenvalue weighted by Crippen LogP contribution is -1.97. The van der Waals surface area contributed by atoms with Crippen molar-refractivity contribution < 1.29 is 0 Å². The van der Waals surface area contributed by atoms with Crippen molar-refractivity contribution in [2.75, 3.05) is 0 Å². The first-order valence-electron chi connectivity index (χ1n) is 5.73. The summed E-state index contributed by atoms with van der Waals surface area (Å²) < 4.78 is 2.58. The van der Waals surface area contributed by atoms with Crippen molar-refractivity contribution in [3.05, 3.63) is 56.8 Å². The average Bonchev–Trinajstić information content (AvgIpc) is 2.69. The molecule has 0 atom stereocenters. The summed E-state index contributed by atoms with van der Waals surface area (Å²) in [4.78, 5) is 3.18. The Morgan fingerprint density at radius 2 is 1.95 bits per heavy atom. The Labute approximate surface area is 125 Å². The molecule has 0 spiro atoms. The summed E-state index contributed by atoms with van der Waals surface area (Å²) in [5.41, 5.74) is 3.85. The van der Waals surface area contributed by atoms with Crippen LogP contribution in [0.1, 0.15) is 5.56 Å². The quantitative estimate of drug-likeness (QED) is 0.605. The van der Waals surface area contributed by atoms with Crippen molar-refractivity contribution in [3.63, 3.8) is 0 Å². The van der Waals surface area contributed by atoms with Crippen molar-refractivity contribution in [2.45, 2.75) is 6.92 Å². The molecule has 96 valence electrons. The third kappa shape index (κ3) is 2.08. The summed E-state index contributed by atoms with van der Waals surface area (Å²) in [5, 5.41) is 1.39. The second-order valence-electron chi connectivity index (χ2n) is 4.31. The Morgan fingerprint density at radius 1 is 1.16 bits per heavy atom. The van der Waals surface area contributed by atoms with Crippen LogP contribution in [-0.4, -0.2) is 9.55 Å². The molecule has 0 radical (unpaired) electrons. The number of halogens is 2. The number of nitrogens with one attached hydrogen (secondary N) is 1. The van der Waals surface area contributed by atoms with Gasteiger partial charge in [-0.2, -0.15) is 0 Å². The molecule has 0 fully saturated rings. The number of imidazole rings is 1. The van der Waals surface area contributed by atoms with E-state index in [1.54, 1.807) is 0 Å². The maximum atomic E-state index is 6.18. The van der Waals surface area contributed by atoms with E-state index in [9.17, 15) is 0 Å². The minimum atomic E-state index is 0.627. The molecule has 3 aromatic rings. The molecule has 3 rings (SSSR count). The highest BCUT2D eigenvalue weighted by atomic mass is 35.5. The van der Waals surface area contributed by atoms with E-state index in [1.165, 1.54) is 0 Å². The molecule has 0 bridgehead atoms. The molecular weight excluding hydrogens is 299 g/mol. The van der Waals surface area contributed by atoms with E-state index in [1.807, 2.05) is 47.9 Å². The lowest BCUT2D eigenvalue weighted by Gasteiger charge is -2.09. The van der Waals surface area contributed by atoms with Crippen LogP contribution < -0.4 is 0 Å². The maximum absolute atomic E-state index is 6.18. The van der Waals surface area contributed by atoms with Crippen LogP contribution >= 0.6 is 35.4 Å². The second-order valence-corrected chi connectivity index (χ2v) is 5.54. The van der Waals surface area contributed by atoms with Gasteiger partial charge in [0, 0.05) is 10.0 Å². The Morgan fingerprint density at radius 3 is 2.74 bits per heavy atom. The summed E-state index contributed by atoms with van der Waals surface area (Å²) in [5.74, 6) is 0. The number of H-pyrrole nitrogens is 1. The highest BCUT2D eigenvalue weighted by Gasteiger charge is 2.10. The van der Waals surface area contributed by atoms with E-state index in [-0.39, 0.29) is 0 Å². The first-order valence-corrected chi connectivity index (χ1v) is 6.90. The molecular formula is C14H10Cl2N2S. The van der Waals surface area contributed by atoms with E-state index in [4.69, 9.17) is 35.4 Å². The Kier molecular flexibility index (Phi) is 3.13. The van der Waals surface area contributed by atoms with Crippen molar-refractivity contribution in [1.82, 2.24) is 9.55 Å². The number of hydrogen-bond acceptors (Lipinski definition) is 1. The fraction of sp³-hybridized carbons (Fsp3) is 0.0714. The summed E-state index contributed by atoms with van der Waals surface area (Å²) in [7, 11) is 0. The Balaban J connectivity index is 2.42. The van der Waals surface area contributed by atoms with Gasteiger partial charge in [0.15, 0.2) is 4.77 Å². The Hall–Kier alpha value is -1.29. The number of hydrogen-bond donors (Lipinski definition) is 1. The largest absolute Gasteiger partial charge is 0.330 e. The lowest BCUT2D eigenvalue weighted by molar-refractivity contribution is 1.05. The zero-order valence-electron chi connectivity index (χ0n) is 10.1. The second kappa shape index (κ2) is 4.67. The van der Waals surface area contributed by atoms with Gasteiger partial charge in [0.1, 0.15) is 0 Å². The predicted molar refractivity (Wildman–Crippen MR) is 83.2 cm³/mol. The molecule has 5 heteroatoms. The van der Waals surface area contributed by atoms with Gasteiger partial charge in [-0.25, -0.2) is 0 Å². The molecule has 0 saturated heterocycles. The molecule has 19 heavy (non-hydrogen) atoms. The number of aromatic nitrogens is 2. The molecule has 0 aliphatic heterocycles. The number of fused-ring (bicyclic) bond motifs is 1. The molecule has 0 saturated carbocycles. The highest BCUT2D eigenvalue weighted by Crippen LogP contribution is 2.27. The first-order chi connectivity index (χ1) is 9.08. The van der Waals surface area contributed by atoms with Crippen molar-refractivity contribution in [1.29, 1.82) is 0 Å². The molecule has 1 heterocycles. The maximum Gasteiger partial charge on any atom is 0.182 e. The predicted octanol–water partition coefficient (Wildman–Crippen LogP) is 5.30. The van der Waals surface area contributed by atoms with Gasteiger partial charge in [-0.05, 0) is 55.0 Å². The van der Waals surface area contributed by atoms with Gasteiger partial charge in [-0.3, -0.25) is 4.57 Å². The van der Waals surface area contributed by atoms with Crippen LogP contribution in [0.3, 0.4) is 0 Å². The zero-order chi connectivity index (χ0) is 13.6. The SMILES string of the molecule is Cc1c(Cl)cccc1-n1c(=S)[nH]c2ccc(Cl)cc21. The normalized spacial score (nSPS) is 11.1. The average molecular weight is 309 g/mol. The van der Waals surface area contributed by atoms with Crippen LogP contribution in [0, 0.1) is 11.7 Å². The molecule has 1 aromatic heterocycles. The molecule has 0 aliphatic rings. The monoisotopic (exact) mass is 308 g/mol. The van der Waals surface area contributed by atoms with Crippen molar-refractivity contribution in [3.8, 4) is 5.69 Å². The van der Waals surface area contributed by atoms with Gasteiger partial charge < -0.3 is 4.98 Å². The zero-order valence-corrected chi connectivity index (χ0v) is 12.4. The number of aromatic amines is 1. The van der Waals surface area contributed by atoms with E-state index >= 15 is 0 Å². The van der Waals surface area contributed by atoms with Crippen LogP contribution in [0.4, 0.5) is 0 Å². The third-order valence-electron chi connectivity index (χ3n) is 3.13. The standard InChI is InChI=1S/C14H10Cl2N2S/c1-8-10(16)3-2-4-12(8)18-13-7-9(15)5-6-11(13)17-14(18)19/h2-7H,1H3,(H,17,19). The van der Waals surface area contributed by atoms with Gasteiger partial charge in [0.05, 0.1) is 16.7 Å². The summed E-state index contributed by atoms with van der Waals surface area (Å²) in [6.07, 6.45) is 0. The fourth-order valence-electron chi connectivity index (χ4n) is 2.15. The van der Waals surface area contributed by atoms with Crippen LogP contribution in [0.25, 0.3) is 16.7 Å². The van der Waals surface area contributed by atoms with Crippen LogP contribution in [0.5, 0.6) is 0 Å². The molecule has 0 unspecified atom stereocenters. The summed E-state index contributed by atoms with van der Waals surface area (Å²) in [6.45, 7) is 1.98. The molecule has 2 aromatic carbocycles. The van der Waals surface area contributed by atoms with E-state index < -0.39 is 0 Å². The minimum absolute atomic E-state index is 0.627. The van der Waals surface area contributed by atoms with Crippen LogP contribution in [0.2, 0.25) is 10.0 Å². The van der Waals surface area contributed by atoms with E-state index in [0.717, 1.165) is 27.3 Å². The van der Waals surface area contributed by atoms with Crippen LogP contribution in [-0.2, 0) is 0 Å². The van der Waals surface area contributed by atoms with Crippen molar-refractivity contribution in [2.24, 2.45) is 0 Å². The summed E-state index contributed by atoms with van der Waals surface area (Å²) >= 11 is 17.7. The highest BCUT2D eigenvalue weighted by molar-refractivity contribution is 7.71. The Bertz CT molecular complexity index is 833. The molecule has 1 N–H and O–H groups in total. The van der Waals surface area contributed by atoms with Gasteiger partial charge in [-0.15, -0.1) is 0 Å². The third-order valence-corrected chi connectivity index (χ3v) is 4.05. The van der Waals surface area contributed by atoms with Gasteiger partial charge >= 0.3 is 0 Å². The summed E-state index contributed by atoms with van der Waals surface area (Å²) in [6, 6.07) is 11.4. The van der Waals surface area contributed by atoms with Crippen molar-refractivity contribution >= 4 is 46.5 Å². The van der Waals surface area contributed by atoms with Gasteiger partial charge in [0.25, 0.3) is 0 Å². The van der Waals surface area contributed by atoms with E-state index in [2.05, 4.69) is 4.98 Å². The number of rotatable bonds is 1. The number of benzene rings is 2. The lowest BCUT2D eigenvalue weighted by atomic mass is 10.2. The molecule has 2 nitrogen and oxygen atoms in total. The smallest absolute Gasteiger partial charge is 0.182 e. The van der Waals surface area contributed by atoms with Crippen LogP contribution in [0.15, 0.2) is 36.4 Å². The molecule has 0 aliphatic carbocycles. The minimum Gasteiger partial charge on any atom is -0.330 e. The molecule has 0 amide bonds. The topological polar surface area (TPSA) is 20.7 Å². The van der Waals surface area contributed by atoms with Gasteiger partial charge in [-0.1, -0.05) is 29.3 Å². The first kappa shape index (κ1) is 12.7. The van der Waals surface area contributed by atoms with E-state index in [0.29, 0.717) is 9.79 Å².